The zero-order valence-electron chi connectivity index (χ0n) is 10.4. The van der Waals surface area contributed by atoms with Crippen molar-refractivity contribution < 1.29 is 27.8 Å². The SMILES string of the molecule is COC(=O)[C@H](C)NC(=O)c1cccc(OC(F)F)c1. The van der Waals surface area contributed by atoms with Gasteiger partial charge in [-0.2, -0.15) is 8.78 Å². The van der Waals surface area contributed by atoms with Crippen LogP contribution in [-0.4, -0.2) is 31.6 Å². The number of amides is 1. The van der Waals surface area contributed by atoms with Crippen molar-refractivity contribution >= 4 is 11.9 Å². The third kappa shape index (κ3) is 4.53. The Balaban J connectivity index is 2.74. The van der Waals surface area contributed by atoms with Crippen LogP contribution >= 0.6 is 0 Å². The highest BCUT2D eigenvalue weighted by molar-refractivity contribution is 5.96. The highest BCUT2D eigenvalue weighted by Crippen LogP contribution is 2.15. The molecule has 0 unspecified atom stereocenters. The number of methoxy groups -OCH3 is 1. The van der Waals surface area contributed by atoms with Crippen molar-refractivity contribution in [2.24, 2.45) is 0 Å². The van der Waals surface area contributed by atoms with Crippen LogP contribution in [0.3, 0.4) is 0 Å². The summed E-state index contributed by atoms with van der Waals surface area (Å²) < 4.78 is 32.7. The lowest BCUT2D eigenvalue weighted by Gasteiger charge is -2.12. The first kappa shape index (κ1) is 14.9. The summed E-state index contributed by atoms with van der Waals surface area (Å²) in [6.45, 7) is -1.52. The molecule has 0 aliphatic rings. The summed E-state index contributed by atoms with van der Waals surface area (Å²) in [5.74, 6) is -1.32. The highest BCUT2D eigenvalue weighted by Gasteiger charge is 2.17. The van der Waals surface area contributed by atoms with Gasteiger partial charge in [0.05, 0.1) is 7.11 Å². The maximum Gasteiger partial charge on any atom is 0.387 e. The van der Waals surface area contributed by atoms with Crippen molar-refractivity contribution in [3.8, 4) is 5.75 Å². The number of ether oxygens (including phenoxy) is 2. The molecule has 1 amide bonds. The van der Waals surface area contributed by atoms with E-state index in [1.54, 1.807) is 0 Å². The van der Waals surface area contributed by atoms with Gasteiger partial charge >= 0.3 is 12.6 Å². The predicted molar refractivity (Wildman–Crippen MR) is 62.0 cm³/mol. The molecule has 0 aliphatic carbocycles. The average molecular weight is 273 g/mol. The molecule has 1 aromatic rings. The summed E-state index contributed by atoms with van der Waals surface area (Å²) in [6.07, 6.45) is 0. The van der Waals surface area contributed by atoms with E-state index in [1.807, 2.05) is 0 Å². The summed E-state index contributed by atoms with van der Waals surface area (Å²) in [6, 6.07) is 4.43. The van der Waals surface area contributed by atoms with E-state index in [2.05, 4.69) is 14.8 Å². The van der Waals surface area contributed by atoms with E-state index in [0.29, 0.717) is 0 Å². The van der Waals surface area contributed by atoms with Crippen LogP contribution in [0.2, 0.25) is 0 Å². The van der Waals surface area contributed by atoms with Gasteiger partial charge in [-0.1, -0.05) is 6.07 Å². The second kappa shape index (κ2) is 6.67. The van der Waals surface area contributed by atoms with Gasteiger partial charge in [0.25, 0.3) is 5.91 Å². The molecule has 1 aromatic carbocycles. The molecule has 0 spiro atoms. The molecule has 0 saturated carbocycles. The number of rotatable bonds is 5. The molecule has 1 N–H and O–H groups in total. The molecule has 0 aliphatic heterocycles. The van der Waals surface area contributed by atoms with E-state index in [9.17, 15) is 18.4 Å². The maximum atomic E-state index is 12.0. The smallest absolute Gasteiger partial charge is 0.387 e. The van der Waals surface area contributed by atoms with Gasteiger partial charge in [-0.05, 0) is 25.1 Å². The minimum Gasteiger partial charge on any atom is -0.467 e. The lowest BCUT2D eigenvalue weighted by atomic mass is 10.2. The number of alkyl halides is 2. The number of nitrogens with one attached hydrogen (secondary N) is 1. The Morgan fingerprint density at radius 1 is 1.32 bits per heavy atom. The van der Waals surface area contributed by atoms with Gasteiger partial charge in [0.2, 0.25) is 0 Å². The van der Waals surface area contributed by atoms with Crippen molar-refractivity contribution in [3.05, 3.63) is 29.8 Å². The van der Waals surface area contributed by atoms with E-state index in [4.69, 9.17) is 0 Å². The van der Waals surface area contributed by atoms with Gasteiger partial charge in [0.15, 0.2) is 0 Å². The third-order valence-electron chi connectivity index (χ3n) is 2.22. The number of esters is 1. The molecule has 1 rings (SSSR count). The third-order valence-corrected chi connectivity index (χ3v) is 2.22. The molecule has 19 heavy (non-hydrogen) atoms. The molecule has 0 heterocycles. The largest absolute Gasteiger partial charge is 0.467 e. The van der Waals surface area contributed by atoms with Gasteiger partial charge < -0.3 is 14.8 Å². The molecule has 0 fully saturated rings. The lowest BCUT2D eigenvalue weighted by Crippen LogP contribution is -2.39. The maximum absolute atomic E-state index is 12.0. The Morgan fingerprint density at radius 2 is 2.00 bits per heavy atom. The van der Waals surface area contributed by atoms with Crippen molar-refractivity contribution in [1.82, 2.24) is 5.32 Å². The van der Waals surface area contributed by atoms with Crippen LogP contribution in [0.4, 0.5) is 8.78 Å². The van der Waals surface area contributed by atoms with Gasteiger partial charge in [0.1, 0.15) is 11.8 Å². The standard InChI is InChI=1S/C12H13F2NO4/c1-7(11(17)18-2)15-10(16)8-4-3-5-9(6-8)19-12(13)14/h3-7,12H,1-2H3,(H,15,16)/t7-/m0/s1. The average Bonchev–Trinajstić information content (AvgIpc) is 2.37. The highest BCUT2D eigenvalue weighted by atomic mass is 19.3. The number of halogens is 2. The summed E-state index contributed by atoms with van der Waals surface area (Å²) in [7, 11) is 1.20. The Morgan fingerprint density at radius 3 is 2.58 bits per heavy atom. The Bertz CT molecular complexity index is 465. The Hall–Kier alpha value is -2.18. The minimum atomic E-state index is -2.97. The fourth-order valence-electron chi connectivity index (χ4n) is 1.33. The van der Waals surface area contributed by atoms with Crippen molar-refractivity contribution in [3.63, 3.8) is 0 Å². The zero-order chi connectivity index (χ0) is 14.4. The molecule has 0 aromatic heterocycles. The van der Waals surface area contributed by atoms with Crippen LogP contribution in [0.1, 0.15) is 17.3 Å². The fourth-order valence-corrected chi connectivity index (χ4v) is 1.33. The van der Waals surface area contributed by atoms with E-state index in [0.717, 1.165) is 6.07 Å². The number of carbonyl (C=O) groups is 2. The zero-order valence-corrected chi connectivity index (χ0v) is 10.4. The molecule has 1 atom stereocenters. The fraction of sp³-hybridized carbons (Fsp3) is 0.333. The van der Waals surface area contributed by atoms with E-state index >= 15 is 0 Å². The van der Waals surface area contributed by atoms with Crippen LogP contribution in [0.5, 0.6) is 5.75 Å². The summed E-state index contributed by atoms with van der Waals surface area (Å²) in [4.78, 5) is 22.9. The van der Waals surface area contributed by atoms with Crippen molar-refractivity contribution in [1.29, 1.82) is 0 Å². The van der Waals surface area contributed by atoms with E-state index in [-0.39, 0.29) is 11.3 Å². The number of carbonyl (C=O) groups excluding carboxylic acids is 2. The van der Waals surface area contributed by atoms with Crippen LogP contribution < -0.4 is 10.1 Å². The monoisotopic (exact) mass is 273 g/mol. The first-order chi connectivity index (χ1) is 8.93. The van der Waals surface area contributed by atoms with Crippen LogP contribution in [0.15, 0.2) is 24.3 Å². The second-order valence-corrected chi connectivity index (χ2v) is 3.62. The van der Waals surface area contributed by atoms with E-state index in [1.165, 1.54) is 32.2 Å². The quantitative estimate of drug-likeness (QED) is 0.827. The van der Waals surface area contributed by atoms with Crippen LogP contribution in [0.25, 0.3) is 0 Å². The van der Waals surface area contributed by atoms with Crippen molar-refractivity contribution in [2.45, 2.75) is 19.6 Å². The molecule has 0 bridgehead atoms. The van der Waals surface area contributed by atoms with Gasteiger partial charge in [-0.3, -0.25) is 4.79 Å². The lowest BCUT2D eigenvalue weighted by molar-refractivity contribution is -0.142. The normalized spacial score (nSPS) is 11.8. The predicted octanol–water partition coefficient (Wildman–Crippen LogP) is 1.58. The van der Waals surface area contributed by atoms with Gasteiger partial charge in [-0.15, -0.1) is 0 Å². The first-order valence-electron chi connectivity index (χ1n) is 5.37. The molecular formula is C12H13F2NO4. The molecule has 104 valence electrons. The number of hydrogen-bond acceptors (Lipinski definition) is 4. The van der Waals surface area contributed by atoms with Crippen LogP contribution in [-0.2, 0) is 9.53 Å². The van der Waals surface area contributed by atoms with E-state index < -0.39 is 24.5 Å². The molecule has 0 saturated heterocycles. The summed E-state index contributed by atoms with van der Waals surface area (Å²) in [5, 5.41) is 2.37. The van der Waals surface area contributed by atoms with Gasteiger partial charge in [-0.25, -0.2) is 4.79 Å². The number of benzene rings is 1. The molecular weight excluding hydrogens is 260 g/mol. The molecule has 0 radical (unpaired) electrons. The second-order valence-electron chi connectivity index (χ2n) is 3.62. The number of hydrogen-bond donors (Lipinski definition) is 1. The van der Waals surface area contributed by atoms with Crippen LogP contribution in [0, 0.1) is 0 Å². The molecule has 7 heteroatoms. The topological polar surface area (TPSA) is 64.6 Å². The van der Waals surface area contributed by atoms with Gasteiger partial charge in [0, 0.05) is 5.56 Å². The minimum absolute atomic E-state index is 0.105. The molecule has 5 nitrogen and oxygen atoms in total. The first-order valence-corrected chi connectivity index (χ1v) is 5.37. The Kier molecular flexibility index (Phi) is 5.23. The summed E-state index contributed by atoms with van der Waals surface area (Å²) >= 11 is 0. The summed E-state index contributed by atoms with van der Waals surface area (Å²) in [5.41, 5.74) is 0.105. The Labute approximate surface area is 108 Å². The van der Waals surface area contributed by atoms with Crippen molar-refractivity contribution in [2.75, 3.05) is 7.11 Å².